The maximum atomic E-state index is 8.94. The number of carbonyl (C=O) groups is 1. The van der Waals surface area contributed by atoms with Crippen molar-refractivity contribution in [1.29, 1.82) is 0 Å². The highest BCUT2D eigenvalue weighted by atomic mass is 35.5. The molecule has 0 aliphatic heterocycles. The van der Waals surface area contributed by atoms with Gasteiger partial charge in [0.2, 0.25) is 6.41 Å². The SMILES string of the molecule is COc1cccc(N(C)N)c1SCc1ccc(Cl)s1.NNC=O. The zero-order valence-corrected chi connectivity index (χ0v) is 15.2. The highest BCUT2D eigenvalue weighted by Gasteiger charge is 2.12. The number of hydrogen-bond acceptors (Lipinski definition) is 7. The third-order valence-corrected chi connectivity index (χ3v) is 5.18. The van der Waals surface area contributed by atoms with E-state index in [1.807, 2.05) is 37.4 Å². The summed E-state index contributed by atoms with van der Waals surface area (Å²) in [6.45, 7) is 0. The van der Waals surface area contributed by atoms with Crippen molar-refractivity contribution >= 4 is 46.8 Å². The van der Waals surface area contributed by atoms with E-state index < -0.39 is 0 Å². The van der Waals surface area contributed by atoms with E-state index in [4.69, 9.17) is 27.0 Å². The predicted molar refractivity (Wildman–Crippen MR) is 97.9 cm³/mol. The van der Waals surface area contributed by atoms with Gasteiger partial charge in [-0.3, -0.25) is 10.2 Å². The van der Waals surface area contributed by atoms with Crippen LogP contribution in [0.25, 0.3) is 0 Å². The Kier molecular flexibility index (Phi) is 8.82. The van der Waals surface area contributed by atoms with Crippen molar-refractivity contribution in [2.75, 3.05) is 19.2 Å². The van der Waals surface area contributed by atoms with Crippen LogP contribution in [0.1, 0.15) is 4.88 Å². The van der Waals surface area contributed by atoms with Crippen LogP contribution < -0.4 is 26.9 Å². The van der Waals surface area contributed by atoms with E-state index in [9.17, 15) is 0 Å². The molecule has 23 heavy (non-hydrogen) atoms. The molecule has 2 aromatic rings. The molecular formula is C14H19ClN4O2S2. The first-order valence-corrected chi connectivity index (χ1v) is 8.63. The summed E-state index contributed by atoms with van der Waals surface area (Å²) in [5, 5.41) is 1.60. The van der Waals surface area contributed by atoms with Crippen LogP contribution in [0, 0.1) is 0 Å². The first kappa shape index (κ1) is 19.6. The summed E-state index contributed by atoms with van der Waals surface area (Å²) in [6, 6.07) is 9.81. The number of carbonyl (C=O) groups excluding carboxylic acids is 1. The average Bonchev–Trinajstić information content (AvgIpc) is 2.98. The van der Waals surface area contributed by atoms with Crippen molar-refractivity contribution in [3.63, 3.8) is 0 Å². The first-order chi connectivity index (χ1) is 11.0. The van der Waals surface area contributed by atoms with Gasteiger partial charge < -0.3 is 9.75 Å². The fraction of sp³-hybridized carbons (Fsp3) is 0.214. The molecule has 0 aliphatic carbocycles. The number of nitrogens with zero attached hydrogens (tertiary/aromatic N) is 1. The third kappa shape index (κ3) is 6.28. The highest BCUT2D eigenvalue weighted by Crippen LogP contribution is 2.39. The number of hydrogen-bond donors (Lipinski definition) is 3. The highest BCUT2D eigenvalue weighted by molar-refractivity contribution is 7.99. The van der Waals surface area contributed by atoms with Gasteiger partial charge in [0.15, 0.2) is 0 Å². The second-order valence-electron chi connectivity index (χ2n) is 4.20. The largest absolute Gasteiger partial charge is 0.496 e. The Morgan fingerprint density at radius 2 is 2.13 bits per heavy atom. The van der Waals surface area contributed by atoms with Crippen molar-refractivity contribution in [2.24, 2.45) is 11.7 Å². The Morgan fingerprint density at radius 1 is 1.43 bits per heavy atom. The minimum absolute atomic E-state index is 0.403. The Hall–Kier alpha value is -1.45. The molecule has 1 amide bonds. The lowest BCUT2D eigenvalue weighted by molar-refractivity contribution is -0.109. The van der Waals surface area contributed by atoms with Gasteiger partial charge >= 0.3 is 0 Å². The van der Waals surface area contributed by atoms with Crippen LogP contribution >= 0.6 is 34.7 Å². The number of rotatable bonds is 6. The molecule has 0 atom stereocenters. The van der Waals surface area contributed by atoms with Crippen LogP contribution in [0.2, 0.25) is 4.34 Å². The quantitative estimate of drug-likeness (QED) is 0.236. The Balaban J connectivity index is 0.000000593. The minimum Gasteiger partial charge on any atom is -0.496 e. The lowest BCUT2D eigenvalue weighted by Gasteiger charge is -2.18. The maximum Gasteiger partial charge on any atom is 0.221 e. The number of nitrogens with one attached hydrogen (secondary N) is 1. The van der Waals surface area contributed by atoms with Gasteiger partial charge in [0, 0.05) is 17.7 Å². The number of amides is 1. The number of ether oxygens (including phenoxy) is 1. The molecular weight excluding hydrogens is 356 g/mol. The summed E-state index contributed by atoms with van der Waals surface area (Å²) in [7, 11) is 3.49. The summed E-state index contributed by atoms with van der Waals surface area (Å²) in [5.74, 6) is 11.9. The molecule has 0 spiro atoms. The van der Waals surface area contributed by atoms with Crippen molar-refractivity contribution < 1.29 is 9.53 Å². The van der Waals surface area contributed by atoms with Gasteiger partial charge in [-0.1, -0.05) is 17.7 Å². The van der Waals surface area contributed by atoms with E-state index in [0.717, 1.165) is 26.4 Å². The van der Waals surface area contributed by atoms with Gasteiger partial charge in [-0.05, 0) is 24.3 Å². The van der Waals surface area contributed by atoms with Crippen molar-refractivity contribution in [3.05, 3.63) is 39.5 Å². The number of nitrogens with two attached hydrogens (primary N) is 2. The summed E-state index contributed by atoms with van der Waals surface area (Å²) in [6.07, 6.45) is 0.403. The van der Waals surface area contributed by atoms with Gasteiger partial charge in [-0.25, -0.2) is 11.7 Å². The number of thiophene rings is 1. The predicted octanol–water partition coefficient (Wildman–Crippen LogP) is 2.62. The monoisotopic (exact) mass is 374 g/mol. The second kappa shape index (κ2) is 10.3. The fourth-order valence-corrected chi connectivity index (χ4v) is 3.99. The first-order valence-electron chi connectivity index (χ1n) is 6.45. The van der Waals surface area contributed by atoms with Crippen LogP contribution in [0.4, 0.5) is 5.69 Å². The van der Waals surface area contributed by atoms with Gasteiger partial charge in [0.25, 0.3) is 0 Å². The minimum atomic E-state index is 0.403. The van der Waals surface area contributed by atoms with E-state index in [1.54, 1.807) is 40.6 Å². The van der Waals surface area contributed by atoms with E-state index in [1.165, 1.54) is 4.88 Å². The maximum absolute atomic E-state index is 8.94. The molecule has 9 heteroatoms. The smallest absolute Gasteiger partial charge is 0.221 e. The Morgan fingerprint density at radius 3 is 2.61 bits per heavy atom. The summed E-state index contributed by atoms with van der Waals surface area (Å²) in [5.41, 5.74) is 2.70. The van der Waals surface area contributed by atoms with E-state index in [0.29, 0.717) is 6.41 Å². The molecule has 0 fully saturated rings. The number of methoxy groups -OCH3 is 1. The molecule has 126 valence electrons. The molecule has 1 aromatic carbocycles. The second-order valence-corrected chi connectivity index (χ2v) is 6.98. The number of anilines is 1. The molecule has 1 heterocycles. The van der Waals surface area contributed by atoms with E-state index in [2.05, 4.69) is 5.84 Å². The molecule has 2 rings (SSSR count). The number of thioether (sulfide) groups is 1. The third-order valence-electron chi connectivity index (χ3n) is 2.61. The zero-order chi connectivity index (χ0) is 17.2. The molecule has 0 unspecified atom stereocenters. The average molecular weight is 375 g/mol. The zero-order valence-electron chi connectivity index (χ0n) is 12.8. The lowest BCUT2D eigenvalue weighted by atomic mass is 10.3. The fourth-order valence-electron chi connectivity index (χ4n) is 1.66. The Labute approximate surface area is 148 Å². The van der Waals surface area contributed by atoms with Crippen LogP contribution in [0.5, 0.6) is 5.75 Å². The number of benzene rings is 1. The van der Waals surface area contributed by atoms with Gasteiger partial charge in [-0.15, -0.1) is 23.1 Å². The standard InChI is InChI=1S/C13H15ClN2OS2.CH4N2O/c1-16(15)10-4-3-5-11(17-2)13(10)18-8-9-6-7-12(14)19-9;2-3-1-4/h3-7H,8,15H2,1-2H3;1H,2H2,(H,3,4). The van der Waals surface area contributed by atoms with Crippen molar-refractivity contribution in [1.82, 2.24) is 5.43 Å². The van der Waals surface area contributed by atoms with Crippen LogP contribution in [-0.2, 0) is 10.5 Å². The molecule has 5 N–H and O–H groups in total. The van der Waals surface area contributed by atoms with E-state index in [-0.39, 0.29) is 0 Å². The van der Waals surface area contributed by atoms with Gasteiger partial charge in [0.05, 0.1) is 22.0 Å². The lowest BCUT2D eigenvalue weighted by Crippen LogP contribution is -2.25. The summed E-state index contributed by atoms with van der Waals surface area (Å²) >= 11 is 9.23. The van der Waals surface area contributed by atoms with Crippen LogP contribution in [-0.4, -0.2) is 20.6 Å². The molecule has 1 aromatic heterocycles. The molecule has 0 radical (unpaired) electrons. The molecule has 0 bridgehead atoms. The van der Waals surface area contributed by atoms with E-state index >= 15 is 0 Å². The molecule has 0 saturated carbocycles. The molecule has 6 nitrogen and oxygen atoms in total. The van der Waals surface area contributed by atoms with Gasteiger partial charge in [-0.2, -0.15) is 0 Å². The Bertz CT molecular complexity index is 623. The van der Waals surface area contributed by atoms with Crippen LogP contribution in [0.15, 0.2) is 35.2 Å². The summed E-state index contributed by atoms with van der Waals surface area (Å²) < 4.78 is 6.22. The van der Waals surface area contributed by atoms with Crippen molar-refractivity contribution in [3.8, 4) is 5.75 Å². The number of hydrazine groups is 2. The van der Waals surface area contributed by atoms with Gasteiger partial charge in [0.1, 0.15) is 5.75 Å². The summed E-state index contributed by atoms with van der Waals surface area (Å²) in [4.78, 5) is 11.2. The topological polar surface area (TPSA) is 93.6 Å². The number of halogens is 1. The molecule has 0 aliphatic rings. The van der Waals surface area contributed by atoms with Crippen LogP contribution in [0.3, 0.4) is 0 Å². The molecule has 0 saturated heterocycles. The normalized spacial score (nSPS) is 9.61. The van der Waals surface area contributed by atoms with Crippen molar-refractivity contribution in [2.45, 2.75) is 10.6 Å².